The number of halogens is 1. The maximum Gasteiger partial charge on any atom is 0.119 e. The molecule has 0 saturated carbocycles. The molecule has 0 aliphatic carbocycles. The Morgan fingerprint density at radius 3 is 2.42 bits per heavy atom. The second-order valence-electron chi connectivity index (χ2n) is 4.20. The van der Waals surface area contributed by atoms with Gasteiger partial charge in [-0.15, -0.1) is 0 Å². The maximum absolute atomic E-state index is 6.18. The Bertz CT molecular complexity index is 555. The lowest BCUT2D eigenvalue weighted by atomic mass is 10.1. The molecule has 0 aromatic heterocycles. The van der Waals surface area contributed by atoms with Gasteiger partial charge in [0.05, 0.1) is 7.11 Å². The molecule has 0 amide bonds. The van der Waals surface area contributed by atoms with Gasteiger partial charge < -0.3 is 15.4 Å². The average Bonchev–Trinajstić information content (AvgIpc) is 2.46. The largest absolute Gasteiger partial charge is 0.497 e. The lowest BCUT2D eigenvalue weighted by Crippen LogP contribution is -2.13. The van der Waals surface area contributed by atoms with Gasteiger partial charge in [0.2, 0.25) is 0 Å². The van der Waals surface area contributed by atoms with E-state index >= 15 is 0 Å². The van der Waals surface area contributed by atoms with E-state index in [1.54, 1.807) is 7.11 Å². The fourth-order valence-electron chi connectivity index (χ4n) is 2.01. The zero-order valence-electron chi connectivity index (χ0n) is 11.1. The maximum atomic E-state index is 6.18. The average molecular weight is 277 g/mol. The monoisotopic (exact) mass is 276 g/mol. The van der Waals surface area contributed by atoms with E-state index in [2.05, 4.69) is 4.90 Å². The van der Waals surface area contributed by atoms with Crippen LogP contribution in [0.4, 0.5) is 11.4 Å². The van der Waals surface area contributed by atoms with Crippen molar-refractivity contribution in [1.82, 2.24) is 0 Å². The number of ether oxygens (including phenoxy) is 1. The van der Waals surface area contributed by atoms with E-state index in [0.717, 1.165) is 22.7 Å². The summed E-state index contributed by atoms with van der Waals surface area (Å²) in [6.45, 7) is 0.412. The number of hydrogen-bond acceptors (Lipinski definition) is 3. The highest BCUT2D eigenvalue weighted by atomic mass is 35.5. The normalized spacial score (nSPS) is 10.3. The van der Waals surface area contributed by atoms with Gasteiger partial charge in [-0.05, 0) is 36.4 Å². The first-order valence-electron chi connectivity index (χ1n) is 6.02. The van der Waals surface area contributed by atoms with E-state index < -0.39 is 0 Å². The molecule has 19 heavy (non-hydrogen) atoms. The van der Waals surface area contributed by atoms with Gasteiger partial charge in [0.25, 0.3) is 0 Å². The molecular weight excluding hydrogens is 260 g/mol. The third-order valence-electron chi connectivity index (χ3n) is 3.12. The summed E-state index contributed by atoms with van der Waals surface area (Å²) in [7, 11) is 3.65. The first-order valence-corrected chi connectivity index (χ1v) is 6.40. The molecule has 2 aromatic rings. The van der Waals surface area contributed by atoms with E-state index in [4.69, 9.17) is 22.1 Å². The first-order chi connectivity index (χ1) is 9.17. The summed E-state index contributed by atoms with van der Waals surface area (Å²) in [5.74, 6) is 0.835. The summed E-state index contributed by atoms with van der Waals surface area (Å²) < 4.78 is 5.16. The highest BCUT2D eigenvalue weighted by Crippen LogP contribution is 2.31. The lowest BCUT2D eigenvalue weighted by Gasteiger charge is -2.23. The zero-order valence-corrected chi connectivity index (χ0v) is 11.8. The molecule has 0 aliphatic heterocycles. The van der Waals surface area contributed by atoms with Crippen LogP contribution in [0.1, 0.15) is 5.56 Å². The minimum atomic E-state index is 0.412. The molecule has 3 nitrogen and oxygen atoms in total. The Kier molecular flexibility index (Phi) is 4.30. The number of hydrogen-bond donors (Lipinski definition) is 1. The van der Waals surface area contributed by atoms with Crippen LogP contribution in [0.25, 0.3) is 0 Å². The van der Waals surface area contributed by atoms with E-state index in [0.29, 0.717) is 11.6 Å². The topological polar surface area (TPSA) is 38.5 Å². The van der Waals surface area contributed by atoms with Crippen molar-refractivity contribution in [2.75, 3.05) is 19.1 Å². The molecule has 0 saturated heterocycles. The van der Waals surface area contributed by atoms with Crippen molar-refractivity contribution in [3.8, 4) is 5.75 Å². The van der Waals surface area contributed by atoms with Crippen LogP contribution < -0.4 is 15.4 Å². The van der Waals surface area contributed by atoms with Gasteiger partial charge >= 0.3 is 0 Å². The molecule has 0 heterocycles. The number of nitrogens with zero attached hydrogens (tertiary/aromatic N) is 1. The number of benzene rings is 2. The Labute approximate surface area is 118 Å². The van der Waals surface area contributed by atoms with Crippen LogP contribution >= 0.6 is 11.6 Å². The number of rotatable bonds is 4. The van der Waals surface area contributed by atoms with E-state index in [9.17, 15) is 0 Å². The highest BCUT2D eigenvalue weighted by Gasteiger charge is 2.11. The number of anilines is 2. The molecule has 0 unspecified atom stereocenters. The van der Waals surface area contributed by atoms with Gasteiger partial charge in [0, 0.05) is 35.6 Å². The van der Waals surface area contributed by atoms with Gasteiger partial charge in [-0.2, -0.15) is 0 Å². The predicted octanol–water partition coefficient (Wildman–Crippen LogP) is 3.58. The molecule has 0 fully saturated rings. The van der Waals surface area contributed by atoms with Crippen molar-refractivity contribution in [3.63, 3.8) is 0 Å². The summed E-state index contributed by atoms with van der Waals surface area (Å²) in [6.07, 6.45) is 0. The molecule has 2 rings (SSSR count). The Balaban J connectivity index is 2.37. The predicted molar refractivity (Wildman–Crippen MR) is 80.4 cm³/mol. The molecule has 0 radical (unpaired) electrons. The van der Waals surface area contributed by atoms with Crippen molar-refractivity contribution in [3.05, 3.63) is 53.1 Å². The van der Waals surface area contributed by atoms with Crippen LogP contribution in [0.2, 0.25) is 5.02 Å². The third kappa shape index (κ3) is 2.83. The van der Waals surface area contributed by atoms with Gasteiger partial charge in [-0.3, -0.25) is 0 Å². The smallest absolute Gasteiger partial charge is 0.119 e. The molecule has 0 atom stereocenters. The molecule has 100 valence electrons. The quantitative estimate of drug-likeness (QED) is 0.928. The van der Waals surface area contributed by atoms with Crippen molar-refractivity contribution < 1.29 is 4.74 Å². The van der Waals surface area contributed by atoms with Crippen LogP contribution in [0.3, 0.4) is 0 Å². The third-order valence-corrected chi connectivity index (χ3v) is 3.47. The van der Waals surface area contributed by atoms with E-state index in [-0.39, 0.29) is 0 Å². The minimum absolute atomic E-state index is 0.412. The van der Waals surface area contributed by atoms with Crippen LogP contribution in [-0.4, -0.2) is 14.2 Å². The molecule has 4 heteroatoms. The van der Waals surface area contributed by atoms with Crippen molar-refractivity contribution in [2.24, 2.45) is 5.73 Å². The van der Waals surface area contributed by atoms with Crippen molar-refractivity contribution in [2.45, 2.75) is 6.54 Å². The lowest BCUT2D eigenvalue weighted by molar-refractivity contribution is 0.415. The molecular formula is C15H17ClN2O. The van der Waals surface area contributed by atoms with Crippen LogP contribution in [0.15, 0.2) is 42.5 Å². The summed E-state index contributed by atoms with van der Waals surface area (Å²) >= 11 is 6.18. The standard InChI is InChI=1S/C15H17ClN2O/c1-18(11-6-8-12(19-2)9-7-11)15-5-3-4-14(16)13(15)10-17/h3-9H,10,17H2,1-2H3. The summed E-state index contributed by atoms with van der Waals surface area (Å²) in [5, 5.41) is 0.695. The summed E-state index contributed by atoms with van der Waals surface area (Å²) in [6, 6.07) is 13.7. The fraction of sp³-hybridized carbons (Fsp3) is 0.200. The zero-order chi connectivity index (χ0) is 13.8. The van der Waals surface area contributed by atoms with Crippen molar-refractivity contribution >= 4 is 23.0 Å². The van der Waals surface area contributed by atoms with Gasteiger partial charge in [-0.25, -0.2) is 0 Å². The molecule has 2 N–H and O–H groups in total. The van der Waals surface area contributed by atoms with E-state index in [1.807, 2.05) is 49.5 Å². The SMILES string of the molecule is COc1ccc(N(C)c2cccc(Cl)c2CN)cc1. The Morgan fingerprint density at radius 1 is 1.16 bits per heavy atom. The Morgan fingerprint density at radius 2 is 1.84 bits per heavy atom. The fourth-order valence-corrected chi connectivity index (χ4v) is 2.26. The van der Waals surface area contributed by atoms with Crippen LogP contribution in [-0.2, 0) is 6.54 Å². The molecule has 0 aliphatic rings. The highest BCUT2D eigenvalue weighted by molar-refractivity contribution is 6.31. The molecule has 2 aromatic carbocycles. The number of methoxy groups -OCH3 is 1. The van der Waals surface area contributed by atoms with E-state index in [1.165, 1.54) is 0 Å². The summed E-state index contributed by atoms with van der Waals surface area (Å²) in [4.78, 5) is 2.06. The Hall–Kier alpha value is -1.71. The molecule has 0 spiro atoms. The minimum Gasteiger partial charge on any atom is -0.497 e. The second-order valence-corrected chi connectivity index (χ2v) is 4.61. The van der Waals surface area contributed by atoms with Gasteiger partial charge in [0.1, 0.15) is 5.75 Å². The second kappa shape index (κ2) is 5.95. The first kappa shape index (κ1) is 13.7. The van der Waals surface area contributed by atoms with Gasteiger partial charge in [0.15, 0.2) is 0 Å². The number of nitrogens with two attached hydrogens (primary N) is 1. The van der Waals surface area contributed by atoms with Gasteiger partial charge in [-0.1, -0.05) is 17.7 Å². The molecule has 0 bridgehead atoms. The van der Waals surface area contributed by atoms with Crippen molar-refractivity contribution in [1.29, 1.82) is 0 Å². The summed E-state index contributed by atoms with van der Waals surface area (Å²) in [5.41, 5.74) is 8.80. The van der Waals surface area contributed by atoms with Crippen LogP contribution in [0.5, 0.6) is 5.75 Å². The van der Waals surface area contributed by atoms with Crippen LogP contribution in [0, 0.1) is 0 Å².